The van der Waals surface area contributed by atoms with Gasteiger partial charge >= 0.3 is 0 Å². The van der Waals surface area contributed by atoms with Crippen molar-refractivity contribution >= 4 is 50.5 Å². The lowest BCUT2D eigenvalue weighted by molar-refractivity contribution is -0.133. The average Bonchev–Trinajstić information content (AvgIpc) is 2.83. The molecule has 1 aliphatic rings. The molecule has 7 nitrogen and oxygen atoms in total. The van der Waals surface area contributed by atoms with E-state index >= 15 is 0 Å². The van der Waals surface area contributed by atoms with Crippen molar-refractivity contribution in [2.45, 2.75) is 4.90 Å². The number of ether oxygens (including phenoxy) is 1. The minimum atomic E-state index is -3.81. The summed E-state index contributed by atoms with van der Waals surface area (Å²) in [6.45, 7) is 2.31. The van der Waals surface area contributed by atoms with E-state index in [1.807, 2.05) is 24.3 Å². The summed E-state index contributed by atoms with van der Waals surface area (Å²) in [4.78, 5) is 16.5. The molecule has 3 aromatic carbocycles. The number of nitrogens with zero attached hydrogens (tertiary/aromatic N) is 2. The van der Waals surface area contributed by atoms with Gasteiger partial charge in [-0.2, -0.15) is 0 Å². The van der Waals surface area contributed by atoms with Gasteiger partial charge in [0.05, 0.1) is 9.92 Å². The second kappa shape index (κ2) is 10.5. The molecule has 0 aliphatic carbocycles. The second-order valence-corrected chi connectivity index (χ2v) is 10.2. The molecule has 0 atom stereocenters. The Morgan fingerprint density at radius 3 is 2.32 bits per heavy atom. The number of piperazine rings is 1. The number of nitrogens with one attached hydrogen (secondary N) is 1. The number of rotatable bonds is 7. The lowest BCUT2D eigenvalue weighted by Crippen LogP contribution is -2.50. The van der Waals surface area contributed by atoms with Crippen LogP contribution in [-0.4, -0.2) is 52.0 Å². The predicted molar refractivity (Wildman–Crippen MR) is 134 cm³/mol. The number of para-hydroxylation sites is 1. The summed E-state index contributed by atoms with van der Waals surface area (Å²) in [5, 5.41) is 0.783. The highest BCUT2D eigenvalue weighted by Crippen LogP contribution is 2.28. The van der Waals surface area contributed by atoms with Gasteiger partial charge in [-0.3, -0.25) is 9.52 Å². The number of amides is 1. The maximum absolute atomic E-state index is 12.6. The standard InChI is InChI=1S/C24H23Cl2N3O4S/c25-18-5-4-8-20(15-18)28-11-13-29(14-12-28)24(30)17-33-23-10-9-21(16-22(23)26)34(31,32)27-19-6-2-1-3-7-19/h1-10,15-16,27H,11-14,17H2. The second-order valence-electron chi connectivity index (χ2n) is 7.70. The molecule has 0 aromatic heterocycles. The highest BCUT2D eigenvalue weighted by Gasteiger charge is 2.22. The SMILES string of the molecule is O=C(COc1ccc(S(=O)(=O)Nc2ccccc2)cc1Cl)N1CCN(c2cccc(Cl)c2)CC1. The van der Waals surface area contributed by atoms with Crippen LogP contribution in [-0.2, 0) is 14.8 Å². The molecule has 1 N–H and O–H groups in total. The first-order valence-electron chi connectivity index (χ1n) is 10.6. The van der Waals surface area contributed by atoms with Gasteiger partial charge in [-0.05, 0) is 48.5 Å². The summed E-state index contributed by atoms with van der Waals surface area (Å²) in [6.07, 6.45) is 0. The first kappa shape index (κ1) is 24.2. The molecule has 10 heteroatoms. The van der Waals surface area contributed by atoms with E-state index in [2.05, 4.69) is 9.62 Å². The van der Waals surface area contributed by atoms with Gasteiger partial charge in [0.15, 0.2) is 6.61 Å². The van der Waals surface area contributed by atoms with Gasteiger partial charge in [-0.25, -0.2) is 8.42 Å². The molecule has 34 heavy (non-hydrogen) atoms. The minimum absolute atomic E-state index is 0.00262. The Kier molecular flexibility index (Phi) is 7.50. The van der Waals surface area contributed by atoms with Crippen LogP contribution < -0.4 is 14.4 Å². The fourth-order valence-corrected chi connectivity index (χ4v) is 5.17. The smallest absolute Gasteiger partial charge is 0.261 e. The molecule has 0 saturated carbocycles. The Bertz CT molecular complexity index is 1260. The largest absolute Gasteiger partial charge is 0.482 e. The first-order valence-corrected chi connectivity index (χ1v) is 12.8. The van der Waals surface area contributed by atoms with Gasteiger partial charge in [0.2, 0.25) is 0 Å². The van der Waals surface area contributed by atoms with Crippen LogP contribution >= 0.6 is 23.2 Å². The molecular weight excluding hydrogens is 497 g/mol. The van der Waals surface area contributed by atoms with Gasteiger partial charge in [0.25, 0.3) is 15.9 Å². The summed E-state index contributed by atoms with van der Waals surface area (Å²) < 4.78 is 33.3. The van der Waals surface area contributed by atoms with E-state index in [0.717, 1.165) is 5.69 Å². The fraction of sp³-hybridized carbons (Fsp3) is 0.208. The molecule has 0 spiro atoms. The first-order chi connectivity index (χ1) is 16.3. The van der Waals surface area contributed by atoms with Gasteiger partial charge in [-0.1, -0.05) is 47.5 Å². The Morgan fingerprint density at radius 1 is 0.912 bits per heavy atom. The third-order valence-electron chi connectivity index (χ3n) is 5.40. The van der Waals surface area contributed by atoms with E-state index in [1.54, 1.807) is 35.2 Å². The predicted octanol–water partition coefficient (Wildman–Crippen LogP) is 4.52. The average molecular weight is 520 g/mol. The van der Waals surface area contributed by atoms with Crippen LogP contribution in [0.15, 0.2) is 77.7 Å². The Hall–Kier alpha value is -2.94. The van der Waals surface area contributed by atoms with Crippen molar-refractivity contribution < 1.29 is 17.9 Å². The Labute approximate surface area is 208 Å². The summed E-state index contributed by atoms with van der Waals surface area (Å²) in [5.41, 5.74) is 1.47. The minimum Gasteiger partial charge on any atom is -0.482 e. The van der Waals surface area contributed by atoms with E-state index in [4.69, 9.17) is 27.9 Å². The van der Waals surface area contributed by atoms with Gasteiger partial charge in [0.1, 0.15) is 5.75 Å². The van der Waals surface area contributed by atoms with Crippen molar-refractivity contribution in [3.63, 3.8) is 0 Å². The molecule has 3 aromatic rings. The number of halogens is 2. The van der Waals surface area contributed by atoms with Gasteiger partial charge in [-0.15, -0.1) is 0 Å². The molecule has 0 radical (unpaired) electrons. The van der Waals surface area contributed by atoms with Crippen molar-refractivity contribution in [2.24, 2.45) is 0 Å². The third-order valence-corrected chi connectivity index (χ3v) is 7.31. The zero-order chi connectivity index (χ0) is 24.1. The van der Waals surface area contributed by atoms with Crippen LogP contribution in [0.1, 0.15) is 0 Å². The molecule has 0 unspecified atom stereocenters. The Balaban J connectivity index is 1.32. The highest BCUT2D eigenvalue weighted by molar-refractivity contribution is 7.92. The number of carbonyl (C=O) groups excluding carboxylic acids is 1. The number of sulfonamides is 1. The van der Waals surface area contributed by atoms with Crippen molar-refractivity contribution in [3.8, 4) is 5.75 Å². The molecule has 4 rings (SSSR count). The van der Waals surface area contributed by atoms with Crippen molar-refractivity contribution in [3.05, 3.63) is 82.8 Å². The van der Waals surface area contributed by atoms with E-state index in [9.17, 15) is 13.2 Å². The molecule has 178 valence electrons. The quantitative estimate of drug-likeness (QED) is 0.496. The maximum Gasteiger partial charge on any atom is 0.261 e. The highest BCUT2D eigenvalue weighted by atomic mass is 35.5. The maximum atomic E-state index is 12.6. The Morgan fingerprint density at radius 2 is 1.65 bits per heavy atom. The zero-order valence-corrected chi connectivity index (χ0v) is 20.5. The van der Waals surface area contributed by atoms with E-state index in [0.29, 0.717) is 36.9 Å². The van der Waals surface area contributed by atoms with Crippen molar-refractivity contribution in [1.29, 1.82) is 0 Å². The van der Waals surface area contributed by atoms with E-state index < -0.39 is 10.0 Å². The molecule has 1 fully saturated rings. The van der Waals surface area contributed by atoms with Gasteiger partial charge < -0.3 is 14.5 Å². The van der Waals surface area contributed by atoms with Crippen LogP contribution in [0.25, 0.3) is 0 Å². The van der Waals surface area contributed by atoms with Crippen LogP contribution in [0.5, 0.6) is 5.75 Å². The fourth-order valence-electron chi connectivity index (χ4n) is 3.60. The molecule has 0 bridgehead atoms. The normalized spacial score (nSPS) is 14.1. The van der Waals surface area contributed by atoms with Crippen LogP contribution in [0.3, 0.4) is 0 Å². The molecule has 1 aliphatic heterocycles. The summed E-state index contributed by atoms with van der Waals surface area (Å²) in [7, 11) is -3.81. The summed E-state index contributed by atoms with van der Waals surface area (Å²) >= 11 is 12.3. The molecule has 1 heterocycles. The lowest BCUT2D eigenvalue weighted by atomic mass is 10.2. The van der Waals surface area contributed by atoms with E-state index in [1.165, 1.54) is 18.2 Å². The lowest BCUT2D eigenvalue weighted by Gasteiger charge is -2.36. The number of anilines is 2. The topological polar surface area (TPSA) is 78.9 Å². The van der Waals surface area contributed by atoms with Crippen LogP contribution in [0.2, 0.25) is 10.0 Å². The summed E-state index contributed by atoms with van der Waals surface area (Å²) in [5.74, 6) is 0.0792. The van der Waals surface area contributed by atoms with Gasteiger partial charge in [0, 0.05) is 42.6 Å². The monoisotopic (exact) mass is 519 g/mol. The zero-order valence-electron chi connectivity index (χ0n) is 18.2. The molecule has 1 amide bonds. The third kappa shape index (κ3) is 5.94. The number of carbonyl (C=O) groups is 1. The summed E-state index contributed by atoms with van der Waals surface area (Å²) in [6, 6.07) is 20.3. The van der Waals surface area contributed by atoms with Crippen LogP contribution in [0, 0.1) is 0 Å². The number of benzene rings is 3. The van der Waals surface area contributed by atoms with Crippen molar-refractivity contribution in [2.75, 3.05) is 42.4 Å². The van der Waals surface area contributed by atoms with Crippen LogP contribution in [0.4, 0.5) is 11.4 Å². The molecular formula is C24H23Cl2N3O4S. The van der Waals surface area contributed by atoms with E-state index in [-0.39, 0.29) is 28.2 Å². The molecule has 1 saturated heterocycles. The van der Waals surface area contributed by atoms with Crippen molar-refractivity contribution in [1.82, 2.24) is 4.90 Å². The number of hydrogen-bond donors (Lipinski definition) is 1. The number of hydrogen-bond acceptors (Lipinski definition) is 5.